The van der Waals surface area contributed by atoms with Crippen molar-refractivity contribution in [3.8, 4) is 10.4 Å². The molecule has 1 aliphatic rings. The van der Waals surface area contributed by atoms with Crippen LogP contribution in [0.1, 0.15) is 6.42 Å². The zero-order valence-corrected chi connectivity index (χ0v) is 13.0. The molecule has 0 bridgehead atoms. The summed E-state index contributed by atoms with van der Waals surface area (Å²) in [6.45, 7) is 1.65. The van der Waals surface area contributed by atoms with Crippen LogP contribution in [0.4, 0.5) is 10.8 Å². The van der Waals surface area contributed by atoms with Crippen LogP contribution < -0.4 is 16.4 Å². The van der Waals surface area contributed by atoms with E-state index in [0.717, 1.165) is 30.0 Å². The Morgan fingerprint density at radius 3 is 2.95 bits per heavy atom. The predicted octanol–water partition coefficient (Wildman–Crippen LogP) is 2.36. The number of anilines is 2. The molecule has 5 nitrogen and oxygen atoms in total. The molecule has 3 rings (SSSR count). The smallest absolute Gasteiger partial charge is 0.230 e. The maximum absolute atomic E-state index is 12.0. The second kappa shape index (κ2) is 6.89. The summed E-state index contributed by atoms with van der Waals surface area (Å²) in [5.74, 6) is 0.0843. The molecule has 21 heavy (non-hydrogen) atoms. The van der Waals surface area contributed by atoms with Crippen molar-refractivity contribution in [2.24, 2.45) is 5.92 Å². The van der Waals surface area contributed by atoms with Crippen LogP contribution in [0, 0.1) is 5.92 Å². The maximum atomic E-state index is 12.0. The number of rotatable bonds is 3. The van der Waals surface area contributed by atoms with Gasteiger partial charge in [-0.2, -0.15) is 0 Å². The Morgan fingerprint density at radius 2 is 2.24 bits per heavy atom. The summed E-state index contributed by atoms with van der Waals surface area (Å²) in [6.07, 6.45) is 2.63. The fourth-order valence-corrected chi connectivity index (χ4v) is 3.13. The highest BCUT2D eigenvalue weighted by atomic mass is 35.5. The van der Waals surface area contributed by atoms with E-state index in [1.54, 1.807) is 6.20 Å². The molecule has 7 heteroatoms. The Bertz CT molecular complexity index is 625. The predicted molar refractivity (Wildman–Crippen MR) is 88.8 cm³/mol. The van der Waals surface area contributed by atoms with Crippen LogP contribution in [0.25, 0.3) is 10.4 Å². The number of nitrogens with one attached hydrogen (secondary N) is 2. The molecular formula is C14H17ClN4OS. The second-order valence-corrected chi connectivity index (χ2v) is 5.83. The van der Waals surface area contributed by atoms with Gasteiger partial charge in [0.2, 0.25) is 5.91 Å². The van der Waals surface area contributed by atoms with Gasteiger partial charge in [0, 0.05) is 24.0 Å². The molecule has 1 fully saturated rings. The number of nitrogen functional groups attached to an aromatic ring is 1. The monoisotopic (exact) mass is 324 g/mol. The van der Waals surface area contributed by atoms with Gasteiger partial charge in [-0.25, -0.2) is 4.98 Å². The van der Waals surface area contributed by atoms with Crippen LogP contribution in [0.5, 0.6) is 0 Å². The first-order chi connectivity index (χ1) is 9.74. The summed E-state index contributed by atoms with van der Waals surface area (Å²) in [4.78, 5) is 17.2. The van der Waals surface area contributed by atoms with E-state index in [9.17, 15) is 4.79 Å². The Kier molecular flexibility index (Phi) is 5.17. The highest BCUT2D eigenvalue weighted by molar-refractivity contribution is 7.19. The van der Waals surface area contributed by atoms with Crippen LogP contribution in [0.15, 0.2) is 30.5 Å². The van der Waals surface area contributed by atoms with E-state index < -0.39 is 0 Å². The third-order valence-corrected chi connectivity index (χ3v) is 4.34. The fraction of sp³-hybridized carbons (Fsp3) is 0.286. The van der Waals surface area contributed by atoms with Crippen molar-refractivity contribution >= 4 is 40.5 Å². The average Bonchev–Trinajstić information content (AvgIpc) is 3.10. The van der Waals surface area contributed by atoms with E-state index >= 15 is 0 Å². The fourth-order valence-electron chi connectivity index (χ4n) is 2.26. The molecule has 4 N–H and O–H groups in total. The van der Waals surface area contributed by atoms with Gasteiger partial charge in [0.15, 0.2) is 5.13 Å². The molecule has 1 aromatic heterocycles. The molecule has 1 atom stereocenters. The van der Waals surface area contributed by atoms with E-state index in [-0.39, 0.29) is 24.2 Å². The van der Waals surface area contributed by atoms with E-state index in [1.807, 2.05) is 24.3 Å². The topological polar surface area (TPSA) is 80.0 Å². The number of halogens is 1. The summed E-state index contributed by atoms with van der Waals surface area (Å²) >= 11 is 1.44. The van der Waals surface area contributed by atoms with Gasteiger partial charge in [0.25, 0.3) is 0 Å². The Balaban J connectivity index is 0.00000161. The number of para-hydroxylation sites is 1. The summed E-state index contributed by atoms with van der Waals surface area (Å²) < 4.78 is 0. The summed E-state index contributed by atoms with van der Waals surface area (Å²) in [5.41, 5.74) is 7.61. The lowest BCUT2D eigenvalue weighted by molar-refractivity contribution is -0.119. The minimum atomic E-state index is 0. The van der Waals surface area contributed by atoms with Crippen LogP contribution in [-0.4, -0.2) is 24.0 Å². The first-order valence-electron chi connectivity index (χ1n) is 6.56. The molecule has 0 radical (unpaired) electrons. The molecule has 1 saturated heterocycles. The lowest BCUT2D eigenvalue weighted by Gasteiger charge is -2.06. The normalized spacial score (nSPS) is 17.2. The Morgan fingerprint density at radius 1 is 1.43 bits per heavy atom. The van der Waals surface area contributed by atoms with Crippen molar-refractivity contribution < 1.29 is 4.79 Å². The summed E-state index contributed by atoms with van der Waals surface area (Å²) in [7, 11) is 0. The number of nitrogens with zero attached hydrogens (tertiary/aromatic N) is 1. The number of carbonyl (C=O) groups is 1. The number of hydrogen-bond acceptors (Lipinski definition) is 5. The van der Waals surface area contributed by atoms with E-state index in [4.69, 9.17) is 5.73 Å². The van der Waals surface area contributed by atoms with Crippen molar-refractivity contribution in [3.63, 3.8) is 0 Å². The minimum absolute atomic E-state index is 0. The van der Waals surface area contributed by atoms with Crippen LogP contribution in [0.3, 0.4) is 0 Å². The average molecular weight is 325 g/mol. The molecule has 0 spiro atoms. The largest absolute Gasteiger partial charge is 0.398 e. The second-order valence-electron chi connectivity index (χ2n) is 4.80. The summed E-state index contributed by atoms with van der Waals surface area (Å²) in [5, 5.41) is 6.69. The van der Waals surface area contributed by atoms with Crippen LogP contribution >= 0.6 is 23.7 Å². The van der Waals surface area contributed by atoms with Crippen molar-refractivity contribution in [2.45, 2.75) is 6.42 Å². The SMILES string of the molecule is Cl.Nc1ccccc1-c1cnc(NC(=O)C2CCNC2)s1. The number of nitrogens with two attached hydrogens (primary N) is 1. The van der Waals surface area contributed by atoms with E-state index in [0.29, 0.717) is 10.8 Å². The lowest BCUT2D eigenvalue weighted by atomic mass is 10.1. The van der Waals surface area contributed by atoms with Crippen molar-refractivity contribution in [1.82, 2.24) is 10.3 Å². The van der Waals surface area contributed by atoms with Gasteiger partial charge in [-0.15, -0.1) is 12.4 Å². The molecule has 1 aromatic carbocycles. The third-order valence-electron chi connectivity index (χ3n) is 3.39. The number of amides is 1. The van der Waals surface area contributed by atoms with Gasteiger partial charge >= 0.3 is 0 Å². The molecule has 112 valence electrons. The lowest BCUT2D eigenvalue weighted by Crippen LogP contribution is -2.24. The zero-order valence-electron chi connectivity index (χ0n) is 11.3. The van der Waals surface area contributed by atoms with E-state index in [1.165, 1.54) is 11.3 Å². The van der Waals surface area contributed by atoms with Gasteiger partial charge < -0.3 is 16.4 Å². The van der Waals surface area contributed by atoms with Gasteiger partial charge in [-0.1, -0.05) is 29.5 Å². The van der Waals surface area contributed by atoms with Crippen LogP contribution in [0.2, 0.25) is 0 Å². The van der Waals surface area contributed by atoms with E-state index in [2.05, 4.69) is 15.6 Å². The van der Waals surface area contributed by atoms with Gasteiger partial charge in [-0.3, -0.25) is 4.79 Å². The number of benzene rings is 1. The molecule has 1 aliphatic heterocycles. The van der Waals surface area contributed by atoms with Crippen LogP contribution in [-0.2, 0) is 4.79 Å². The number of hydrogen-bond donors (Lipinski definition) is 3. The quantitative estimate of drug-likeness (QED) is 0.757. The standard InChI is InChI=1S/C14H16N4OS.ClH/c15-11-4-2-1-3-10(11)12-8-17-14(20-12)18-13(19)9-5-6-16-7-9;/h1-4,8-9,16H,5-7,15H2,(H,17,18,19);1H. The van der Waals surface area contributed by atoms with Crippen molar-refractivity contribution in [2.75, 3.05) is 24.1 Å². The minimum Gasteiger partial charge on any atom is -0.398 e. The number of thiazole rings is 1. The number of aromatic nitrogens is 1. The molecule has 0 saturated carbocycles. The Hall–Kier alpha value is -1.63. The molecule has 2 aromatic rings. The van der Waals surface area contributed by atoms with Crippen molar-refractivity contribution in [3.05, 3.63) is 30.5 Å². The van der Waals surface area contributed by atoms with Gasteiger partial charge in [0.05, 0.1) is 10.8 Å². The molecular weight excluding hydrogens is 308 g/mol. The third kappa shape index (κ3) is 3.53. The molecule has 0 aliphatic carbocycles. The van der Waals surface area contributed by atoms with Crippen molar-refractivity contribution in [1.29, 1.82) is 0 Å². The van der Waals surface area contributed by atoms with Gasteiger partial charge in [-0.05, 0) is 19.0 Å². The maximum Gasteiger partial charge on any atom is 0.230 e. The first-order valence-corrected chi connectivity index (χ1v) is 7.38. The molecule has 2 heterocycles. The first kappa shape index (κ1) is 15.8. The molecule has 1 unspecified atom stereocenters. The summed E-state index contributed by atoms with van der Waals surface area (Å²) in [6, 6.07) is 7.65. The highest BCUT2D eigenvalue weighted by Gasteiger charge is 2.23. The zero-order chi connectivity index (χ0) is 13.9. The van der Waals surface area contributed by atoms with Gasteiger partial charge in [0.1, 0.15) is 0 Å². The molecule has 1 amide bonds. The highest BCUT2D eigenvalue weighted by Crippen LogP contribution is 2.32. The number of carbonyl (C=O) groups excluding carboxylic acids is 1. The Labute approximate surface area is 133 Å².